The van der Waals surface area contributed by atoms with E-state index >= 15 is 0 Å². The zero-order chi connectivity index (χ0) is 13.3. The van der Waals surface area contributed by atoms with E-state index in [1.165, 1.54) is 64.2 Å². The molecule has 2 rings (SSSR count). The third-order valence-electron chi connectivity index (χ3n) is 4.58. The average Bonchev–Trinajstić information content (AvgIpc) is 3.03. The van der Waals surface area contributed by atoms with Crippen LogP contribution < -0.4 is 0 Å². The van der Waals surface area contributed by atoms with Gasteiger partial charge in [0.05, 0.1) is 6.10 Å². The van der Waals surface area contributed by atoms with Crippen LogP contribution in [0.2, 0.25) is 0 Å². The number of hydrogen-bond acceptors (Lipinski definition) is 1. The SMILES string of the molecule is ClCCCCCCCCCCOC1CC2C=CC1C2. The molecule has 110 valence electrons. The predicted octanol–water partition coefficient (Wildman–Crippen LogP) is 5.33. The minimum Gasteiger partial charge on any atom is -0.378 e. The molecular formula is C17H29ClO. The van der Waals surface area contributed by atoms with Crippen molar-refractivity contribution in [2.24, 2.45) is 11.8 Å². The zero-order valence-electron chi connectivity index (χ0n) is 12.2. The number of hydrogen-bond donors (Lipinski definition) is 0. The Morgan fingerprint density at radius 2 is 1.53 bits per heavy atom. The Bertz CT molecular complexity index is 264. The number of halogens is 1. The van der Waals surface area contributed by atoms with Crippen molar-refractivity contribution >= 4 is 11.6 Å². The number of alkyl halides is 1. The number of fused-ring (bicyclic) bond motifs is 2. The van der Waals surface area contributed by atoms with E-state index < -0.39 is 0 Å². The molecule has 3 unspecified atom stereocenters. The molecule has 2 aliphatic rings. The van der Waals surface area contributed by atoms with Gasteiger partial charge in [-0.3, -0.25) is 0 Å². The summed E-state index contributed by atoms with van der Waals surface area (Å²) in [5.74, 6) is 2.41. The fraction of sp³-hybridized carbons (Fsp3) is 0.882. The van der Waals surface area contributed by atoms with Gasteiger partial charge in [-0.25, -0.2) is 0 Å². The third-order valence-corrected chi connectivity index (χ3v) is 4.85. The lowest BCUT2D eigenvalue weighted by Crippen LogP contribution is -2.18. The molecule has 1 nitrogen and oxygen atoms in total. The van der Waals surface area contributed by atoms with E-state index in [-0.39, 0.29) is 0 Å². The minimum atomic E-state index is 0.547. The zero-order valence-corrected chi connectivity index (χ0v) is 12.9. The van der Waals surface area contributed by atoms with Gasteiger partial charge in [-0.15, -0.1) is 11.6 Å². The molecule has 0 aromatic heterocycles. The fourth-order valence-electron chi connectivity index (χ4n) is 3.41. The van der Waals surface area contributed by atoms with Gasteiger partial charge < -0.3 is 4.74 Å². The molecule has 2 bridgehead atoms. The van der Waals surface area contributed by atoms with Gasteiger partial charge in [-0.2, -0.15) is 0 Å². The predicted molar refractivity (Wildman–Crippen MR) is 82.8 cm³/mol. The van der Waals surface area contributed by atoms with E-state index in [2.05, 4.69) is 12.2 Å². The molecule has 0 heterocycles. The summed E-state index contributed by atoms with van der Waals surface area (Å²) in [6.07, 6.45) is 18.5. The van der Waals surface area contributed by atoms with Crippen LogP contribution in [-0.2, 0) is 4.74 Å². The normalized spacial score (nSPS) is 28.4. The molecule has 2 aliphatic carbocycles. The van der Waals surface area contributed by atoms with Crippen molar-refractivity contribution in [3.8, 4) is 0 Å². The summed E-state index contributed by atoms with van der Waals surface area (Å²) in [5, 5.41) is 0. The molecule has 0 aromatic rings. The average molecular weight is 285 g/mol. The Morgan fingerprint density at radius 1 is 0.842 bits per heavy atom. The highest BCUT2D eigenvalue weighted by Gasteiger charge is 2.35. The maximum Gasteiger partial charge on any atom is 0.0643 e. The van der Waals surface area contributed by atoms with Crippen LogP contribution in [0.5, 0.6) is 0 Å². The molecule has 0 aliphatic heterocycles. The highest BCUT2D eigenvalue weighted by Crippen LogP contribution is 2.40. The first kappa shape index (κ1) is 15.4. The van der Waals surface area contributed by atoms with E-state index in [1.54, 1.807) is 0 Å². The summed E-state index contributed by atoms with van der Waals surface area (Å²) < 4.78 is 6.03. The second kappa shape index (κ2) is 9.02. The van der Waals surface area contributed by atoms with Crippen LogP contribution in [0.1, 0.15) is 64.2 Å². The molecule has 1 fully saturated rings. The molecule has 2 heteroatoms. The van der Waals surface area contributed by atoms with Crippen molar-refractivity contribution in [1.29, 1.82) is 0 Å². The molecule has 19 heavy (non-hydrogen) atoms. The summed E-state index contributed by atoms with van der Waals surface area (Å²) in [7, 11) is 0. The van der Waals surface area contributed by atoms with Gasteiger partial charge in [0.25, 0.3) is 0 Å². The molecule has 0 saturated heterocycles. The van der Waals surface area contributed by atoms with E-state index in [0.29, 0.717) is 6.10 Å². The van der Waals surface area contributed by atoms with E-state index in [0.717, 1.165) is 24.3 Å². The first-order chi connectivity index (χ1) is 9.40. The monoisotopic (exact) mass is 284 g/mol. The van der Waals surface area contributed by atoms with Crippen molar-refractivity contribution in [2.45, 2.75) is 70.3 Å². The van der Waals surface area contributed by atoms with Crippen LogP contribution in [0.25, 0.3) is 0 Å². The van der Waals surface area contributed by atoms with E-state index in [9.17, 15) is 0 Å². The Labute approximate surface area is 123 Å². The number of unbranched alkanes of at least 4 members (excludes halogenated alkanes) is 7. The maximum absolute atomic E-state index is 6.03. The van der Waals surface area contributed by atoms with Gasteiger partial charge >= 0.3 is 0 Å². The van der Waals surface area contributed by atoms with Crippen molar-refractivity contribution < 1.29 is 4.74 Å². The highest BCUT2D eigenvalue weighted by molar-refractivity contribution is 6.17. The number of ether oxygens (including phenoxy) is 1. The Kier molecular flexibility index (Phi) is 7.30. The standard InChI is InChI=1S/C17H29ClO/c18-11-7-5-3-1-2-4-6-8-12-19-17-14-15-9-10-16(17)13-15/h9-10,15-17H,1-8,11-14H2. The van der Waals surface area contributed by atoms with Gasteiger partial charge in [0.2, 0.25) is 0 Å². The summed E-state index contributed by atoms with van der Waals surface area (Å²) in [6, 6.07) is 0. The fourth-order valence-corrected chi connectivity index (χ4v) is 3.60. The second-order valence-corrected chi connectivity index (χ2v) is 6.58. The molecule has 0 spiro atoms. The van der Waals surface area contributed by atoms with Gasteiger partial charge in [0.15, 0.2) is 0 Å². The number of allylic oxidation sites excluding steroid dienone is 1. The highest BCUT2D eigenvalue weighted by atomic mass is 35.5. The van der Waals surface area contributed by atoms with Gasteiger partial charge in [0.1, 0.15) is 0 Å². The molecule has 1 saturated carbocycles. The minimum absolute atomic E-state index is 0.547. The van der Waals surface area contributed by atoms with Crippen molar-refractivity contribution in [2.75, 3.05) is 12.5 Å². The maximum atomic E-state index is 6.03. The molecule has 0 amide bonds. The molecule has 0 aromatic carbocycles. The van der Waals surface area contributed by atoms with Crippen molar-refractivity contribution in [3.05, 3.63) is 12.2 Å². The number of rotatable bonds is 11. The van der Waals surface area contributed by atoms with Crippen molar-refractivity contribution in [1.82, 2.24) is 0 Å². The summed E-state index contributed by atoms with van der Waals surface area (Å²) in [5.41, 5.74) is 0. The lowest BCUT2D eigenvalue weighted by Gasteiger charge is -2.18. The lowest BCUT2D eigenvalue weighted by atomic mass is 10.0. The van der Waals surface area contributed by atoms with Crippen LogP contribution in [0.4, 0.5) is 0 Å². The summed E-state index contributed by atoms with van der Waals surface area (Å²) in [4.78, 5) is 0. The van der Waals surface area contributed by atoms with Gasteiger partial charge in [0, 0.05) is 18.4 Å². The van der Waals surface area contributed by atoms with Crippen LogP contribution in [0.15, 0.2) is 12.2 Å². The summed E-state index contributed by atoms with van der Waals surface area (Å²) >= 11 is 5.66. The van der Waals surface area contributed by atoms with Crippen LogP contribution in [-0.4, -0.2) is 18.6 Å². The first-order valence-corrected chi connectivity index (χ1v) is 8.79. The second-order valence-electron chi connectivity index (χ2n) is 6.21. The van der Waals surface area contributed by atoms with Crippen LogP contribution in [0.3, 0.4) is 0 Å². The third kappa shape index (κ3) is 5.47. The Balaban J connectivity index is 1.34. The molecule has 3 atom stereocenters. The van der Waals surface area contributed by atoms with Crippen molar-refractivity contribution in [3.63, 3.8) is 0 Å². The summed E-state index contributed by atoms with van der Waals surface area (Å²) in [6.45, 7) is 0.980. The largest absolute Gasteiger partial charge is 0.378 e. The Hall–Kier alpha value is -0.0100. The molecule has 0 radical (unpaired) electrons. The molecular weight excluding hydrogens is 256 g/mol. The van der Waals surface area contributed by atoms with Crippen LogP contribution >= 0.6 is 11.6 Å². The van der Waals surface area contributed by atoms with Crippen LogP contribution in [0, 0.1) is 11.8 Å². The van der Waals surface area contributed by atoms with E-state index in [1.807, 2.05) is 0 Å². The molecule has 0 N–H and O–H groups in total. The Morgan fingerprint density at radius 3 is 2.11 bits per heavy atom. The first-order valence-electron chi connectivity index (χ1n) is 8.26. The quantitative estimate of drug-likeness (QED) is 0.283. The topological polar surface area (TPSA) is 9.23 Å². The van der Waals surface area contributed by atoms with E-state index in [4.69, 9.17) is 16.3 Å². The smallest absolute Gasteiger partial charge is 0.0643 e. The van der Waals surface area contributed by atoms with Gasteiger partial charge in [-0.1, -0.05) is 50.7 Å². The van der Waals surface area contributed by atoms with Gasteiger partial charge in [-0.05, 0) is 31.6 Å². The lowest BCUT2D eigenvalue weighted by molar-refractivity contribution is 0.0342.